The Balaban J connectivity index is 1.61. The number of primary amides is 1. The van der Waals surface area contributed by atoms with E-state index in [9.17, 15) is 14.7 Å². The standard InChI is InChI=1S/C17H21ClN4O4/c1-9(23)14(15(19)24)21-16(25)10-4-6-22(7-5-10)17-20-12-3-2-11(18)8-13(12)26-17/h2-3,8-10,14,23H,4-7H2,1H3,(H2,19,24)(H,21,25)/t9-,14+/m1/s1. The van der Waals surface area contributed by atoms with Crippen molar-refractivity contribution in [3.63, 3.8) is 0 Å². The average Bonchev–Trinajstić information content (AvgIpc) is 3.02. The highest BCUT2D eigenvalue weighted by atomic mass is 35.5. The molecule has 0 bridgehead atoms. The molecule has 1 aromatic heterocycles. The summed E-state index contributed by atoms with van der Waals surface area (Å²) in [7, 11) is 0. The number of nitrogens with one attached hydrogen (secondary N) is 1. The van der Waals surface area contributed by atoms with Gasteiger partial charge in [-0.2, -0.15) is 4.98 Å². The summed E-state index contributed by atoms with van der Waals surface area (Å²) >= 11 is 5.96. The number of hydrogen-bond acceptors (Lipinski definition) is 6. The number of anilines is 1. The van der Waals surface area contributed by atoms with Crippen LogP contribution in [-0.4, -0.2) is 47.1 Å². The van der Waals surface area contributed by atoms with Gasteiger partial charge in [-0.1, -0.05) is 11.6 Å². The molecule has 1 aromatic carbocycles. The molecule has 9 heteroatoms. The van der Waals surface area contributed by atoms with Crippen LogP contribution in [0.15, 0.2) is 22.6 Å². The zero-order valence-corrected chi connectivity index (χ0v) is 15.1. The normalized spacial score (nSPS) is 17.9. The Labute approximate surface area is 155 Å². The van der Waals surface area contributed by atoms with Crippen LogP contribution in [0.25, 0.3) is 11.1 Å². The van der Waals surface area contributed by atoms with Crippen molar-refractivity contribution in [2.24, 2.45) is 11.7 Å². The molecular formula is C17H21ClN4O4. The molecule has 0 saturated carbocycles. The van der Waals surface area contributed by atoms with Gasteiger partial charge in [0.15, 0.2) is 5.58 Å². The van der Waals surface area contributed by atoms with E-state index in [1.165, 1.54) is 6.92 Å². The van der Waals surface area contributed by atoms with Gasteiger partial charge in [-0.25, -0.2) is 0 Å². The number of hydrogen-bond donors (Lipinski definition) is 3. The highest BCUT2D eigenvalue weighted by Gasteiger charge is 2.31. The fraction of sp³-hybridized carbons (Fsp3) is 0.471. The topological polar surface area (TPSA) is 122 Å². The molecule has 1 fully saturated rings. The molecular weight excluding hydrogens is 360 g/mol. The number of benzene rings is 1. The second-order valence-electron chi connectivity index (χ2n) is 6.50. The quantitative estimate of drug-likeness (QED) is 0.712. The smallest absolute Gasteiger partial charge is 0.298 e. The van der Waals surface area contributed by atoms with E-state index in [-0.39, 0.29) is 11.8 Å². The molecule has 3 rings (SSSR count). The average molecular weight is 381 g/mol. The minimum atomic E-state index is -1.08. The molecule has 0 aliphatic carbocycles. The van der Waals surface area contributed by atoms with Crippen LogP contribution in [0.2, 0.25) is 5.02 Å². The number of fused-ring (bicyclic) bond motifs is 1. The molecule has 1 aliphatic rings. The summed E-state index contributed by atoms with van der Waals surface area (Å²) in [5.41, 5.74) is 6.56. The van der Waals surface area contributed by atoms with Gasteiger partial charge in [0, 0.05) is 30.1 Å². The number of aromatic nitrogens is 1. The lowest BCUT2D eigenvalue weighted by atomic mass is 9.95. The van der Waals surface area contributed by atoms with Crippen molar-refractivity contribution in [3.05, 3.63) is 23.2 Å². The molecule has 8 nitrogen and oxygen atoms in total. The molecule has 2 amide bonds. The minimum Gasteiger partial charge on any atom is -0.423 e. The van der Waals surface area contributed by atoms with Crippen LogP contribution in [0.5, 0.6) is 0 Å². The highest BCUT2D eigenvalue weighted by molar-refractivity contribution is 6.31. The van der Waals surface area contributed by atoms with E-state index in [1.54, 1.807) is 18.2 Å². The van der Waals surface area contributed by atoms with Gasteiger partial charge in [-0.15, -0.1) is 0 Å². The number of carbonyl (C=O) groups excluding carboxylic acids is 2. The summed E-state index contributed by atoms with van der Waals surface area (Å²) in [5, 5.41) is 12.7. The molecule has 2 aromatic rings. The van der Waals surface area contributed by atoms with Crippen LogP contribution in [0, 0.1) is 5.92 Å². The summed E-state index contributed by atoms with van der Waals surface area (Å²) in [6, 6.07) is 4.69. The first kappa shape index (κ1) is 18.5. The minimum absolute atomic E-state index is 0.259. The van der Waals surface area contributed by atoms with Crippen LogP contribution in [-0.2, 0) is 9.59 Å². The number of amides is 2. The van der Waals surface area contributed by atoms with Crippen molar-refractivity contribution < 1.29 is 19.1 Å². The molecule has 0 spiro atoms. The number of oxazole rings is 1. The lowest BCUT2D eigenvalue weighted by Gasteiger charge is -2.31. The van der Waals surface area contributed by atoms with Crippen molar-refractivity contribution >= 4 is 40.5 Å². The van der Waals surface area contributed by atoms with Gasteiger partial charge in [0.05, 0.1) is 6.10 Å². The van der Waals surface area contributed by atoms with Crippen LogP contribution < -0.4 is 16.0 Å². The van der Waals surface area contributed by atoms with Crippen molar-refractivity contribution in [2.75, 3.05) is 18.0 Å². The fourth-order valence-corrected chi connectivity index (χ4v) is 3.22. The Bertz CT molecular complexity index is 814. The maximum atomic E-state index is 12.3. The molecule has 2 heterocycles. The van der Waals surface area contributed by atoms with Gasteiger partial charge in [0.2, 0.25) is 11.8 Å². The zero-order valence-electron chi connectivity index (χ0n) is 14.3. The van der Waals surface area contributed by atoms with Gasteiger partial charge in [-0.05, 0) is 31.9 Å². The van der Waals surface area contributed by atoms with Crippen molar-refractivity contribution in [1.82, 2.24) is 10.3 Å². The van der Waals surface area contributed by atoms with Crippen LogP contribution in [0.4, 0.5) is 6.01 Å². The number of aliphatic hydroxyl groups is 1. The maximum absolute atomic E-state index is 12.3. The van der Waals surface area contributed by atoms with Gasteiger partial charge in [0.1, 0.15) is 11.6 Å². The SMILES string of the molecule is C[C@@H](O)[C@H](NC(=O)C1CCN(c2nc3ccc(Cl)cc3o2)CC1)C(N)=O. The number of rotatable bonds is 5. The Hall–Kier alpha value is -2.32. The lowest BCUT2D eigenvalue weighted by Crippen LogP contribution is -2.53. The van der Waals surface area contributed by atoms with E-state index in [0.29, 0.717) is 42.6 Å². The second kappa shape index (κ2) is 7.51. The fourth-order valence-electron chi connectivity index (χ4n) is 3.06. The Kier molecular flexibility index (Phi) is 5.33. The Morgan fingerprint density at radius 2 is 2.12 bits per heavy atom. The Morgan fingerprint density at radius 1 is 1.42 bits per heavy atom. The number of nitrogens with zero attached hydrogens (tertiary/aromatic N) is 2. The second-order valence-corrected chi connectivity index (χ2v) is 6.94. The van der Waals surface area contributed by atoms with Crippen LogP contribution in [0.3, 0.4) is 0 Å². The Morgan fingerprint density at radius 3 is 2.73 bits per heavy atom. The van der Waals surface area contributed by atoms with E-state index < -0.39 is 18.1 Å². The van der Waals surface area contributed by atoms with Gasteiger partial charge >= 0.3 is 0 Å². The summed E-state index contributed by atoms with van der Waals surface area (Å²) in [5.74, 6) is -1.29. The molecule has 0 unspecified atom stereocenters. The van der Waals surface area contributed by atoms with E-state index in [4.69, 9.17) is 21.8 Å². The van der Waals surface area contributed by atoms with E-state index in [0.717, 1.165) is 5.52 Å². The first-order chi connectivity index (χ1) is 12.3. The molecule has 2 atom stereocenters. The zero-order chi connectivity index (χ0) is 18.8. The largest absolute Gasteiger partial charge is 0.423 e. The maximum Gasteiger partial charge on any atom is 0.298 e. The molecule has 1 saturated heterocycles. The number of nitrogens with two attached hydrogens (primary N) is 1. The number of piperidine rings is 1. The van der Waals surface area contributed by atoms with E-state index in [1.807, 2.05) is 4.90 Å². The summed E-state index contributed by atoms with van der Waals surface area (Å²) in [6.45, 7) is 2.60. The number of carbonyl (C=O) groups is 2. The predicted octanol–water partition coefficient (Wildman–Crippen LogP) is 1.05. The van der Waals surface area contributed by atoms with Gasteiger partial charge < -0.3 is 25.5 Å². The van der Waals surface area contributed by atoms with E-state index >= 15 is 0 Å². The summed E-state index contributed by atoms with van der Waals surface area (Å²) in [4.78, 5) is 30.1. The van der Waals surface area contributed by atoms with Crippen LogP contribution >= 0.6 is 11.6 Å². The molecule has 26 heavy (non-hydrogen) atoms. The first-order valence-electron chi connectivity index (χ1n) is 8.44. The number of aliphatic hydroxyl groups excluding tert-OH is 1. The van der Waals surface area contributed by atoms with Gasteiger partial charge in [0.25, 0.3) is 6.01 Å². The number of halogens is 1. The predicted molar refractivity (Wildman–Crippen MR) is 96.8 cm³/mol. The molecule has 0 radical (unpaired) electrons. The van der Waals surface area contributed by atoms with E-state index in [2.05, 4.69) is 10.3 Å². The summed E-state index contributed by atoms with van der Waals surface area (Å²) in [6.07, 6.45) is 0.121. The summed E-state index contributed by atoms with van der Waals surface area (Å²) < 4.78 is 5.75. The first-order valence-corrected chi connectivity index (χ1v) is 8.81. The molecule has 1 aliphatic heterocycles. The molecule has 4 N–H and O–H groups in total. The van der Waals surface area contributed by atoms with Gasteiger partial charge in [-0.3, -0.25) is 9.59 Å². The third-order valence-corrected chi connectivity index (χ3v) is 4.80. The molecule has 140 valence electrons. The van der Waals surface area contributed by atoms with Crippen molar-refractivity contribution in [1.29, 1.82) is 0 Å². The van der Waals surface area contributed by atoms with Crippen LogP contribution in [0.1, 0.15) is 19.8 Å². The third kappa shape index (κ3) is 3.91. The van der Waals surface area contributed by atoms with Crippen molar-refractivity contribution in [3.8, 4) is 0 Å². The monoisotopic (exact) mass is 380 g/mol. The lowest BCUT2D eigenvalue weighted by molar-refractivity contribution is -0.132. The van der Waals surface area contributed by atoms with Crippen molar-refractivity contribution in [2.45, 2.75) is 31.9 Å². The highest BCUT2D eigenvalue weighted by Crippen LogP contribution is 2.28. The third-order valence-electron chi connectivity index (χ3n) is 4.56.